The lowest BCUT2D eigenvalue weighted by molar-refractivity contribution is -0.461. The summed E-state index contributed by atoms with van der Waals surface area (Å²) in [7, 11) is 0. The topological polar surface area (TPSA) is 98.8 Å². The second kappa shape index (κ2) is 18.5. The molecule has 1 fully saturated rings. The van der Waals surface area contributed by atoms with Crippen LogP contribution >= 0.6 is 0 Å². The maximum absolute atomic E-state index is 15.1. The van der Waals surface area contributed by atoms with Crippen LogP contribution in [0.4, 0.5) is 110 Å². The molecule has 0 heterocycles. The van der Waals surface area contributed by atoms with Gasteiger partial charge in [-0.1, -0.05) is 0 Å². The molecule has 0 radical (unpaired) electrons. The van der Waals surface area contributed by atoms with Gasteiger partial charge in [-0.15, -0.1) is 0 Å². The van der Waals surface area contributed by atoms with Gasteiger partial charge in [-0.25, -0.2) is 35.5 Å². The molecule has 9 nitrogen and oxygen atoms in total. The standard InChI is InChI=1S/C28H27F25O9/c1-13(54)58-10-18(33,34)7-21(38,39)61-22(40,41)11-56-5-14-3-4-19(35,26(47,48)24(14,44)45)28(52,53)62-23(42,43)12-57-9-17(31,32)6-20(36,37)60-15(55)25(46,27(49,50)51)59-8-16(2,29)30/h14H,3-12H2,1-2H3. The van der Waals surface area contributed by atoms with Crippen LogP contribution in [0.15, 0.2) is 0 Å². The predicted octanol–water partition coefficient (Wildman–Crippen LogP) is 9.46. The number of hydrogen-bond acceptors (Lipinski definition) is 9. The molecule has 62 heavy (non-hydrogen) atoms. The maximum atomic E-state index is 15.1. The van der Waals surface area contributed by atoms with Crippen LogP contribution in [0.1, 0.15) is 39.5 Å². The van der Waals surface area contributed by atoms with Crippen molar-refractivity contribution < 1.29 is 153 Å². The molecular formula is C28H27F25O9. The van der Waals surface area contributed by atoms with E-state index < -0.39 is 161 Å². The smallest absolute Gasteiger partial charge is 0.459 e. The lowest BCUT2D eigenvalue weighted by Crippen LogP contribution is -2.71. The molecule has 0 spiro atoms. The van der Waals surface area contributed by atoms with Crippen molar-refractivity contribution in [2.75, 3.05) is 39.6 Å². The zero-order valence-electron chi connectivity index (χ0n) is 30.3. The van der Waals surface area contributed by atoms with Gasteiger partial charge in [-0.2, -0.15) is 79.0 Å². The Morgan fingerprint density at radius 3 is 1.55 bits per heavy atom. The van der Waals surface area contributed by atoms with Crippen molar-refractivity contribution in [2.24, 2.45) is 5.92 Å². The van der Waals surface area contributed by atoms with Crippen LogP contribution in [0.5, 0.6) is 0 Å². The molecule has 1 saturated carbocycles. The Balaban J connectivity index is 2.97. The fourth-order valence-corrected chi connectivity index (χ4v) is 4.60. The summed E-state index contributed by atoms with van der Waals surface area (Å²) >= 11 is 0. The lowest BCUT2D eigenvalue weighted by Gasteiger charge is -2.48. The molecule has 1 rings (SSSR count). The Labute approximate surface area is 328 Å². The first kappa shape index (κ1) is 57.0. The fraction of sp³-hybridized carbons (Fsp3) is 0.929. The number of alkyl halides is 25. The Morgan fingerprint density at radius 1 is 0.597 bits per heavy atom. The van der Waals surface area contributed by atoms with Crippen LogP contribution in [0, 0.1) is 5.92 Å². The summed E-state index contributed by atoms with van der Waals surface area (Å²) in [6.45, 7) is -15.4. The zero-order valence-corrected chi connectivity index (χ0v) is 30.3. The molecule has 0 aromatic heterocycles. The second-order valence-corrected chi connectivity index (χ2v) is 13.2. The monoisotopic (exact) mass is 982 g/mol. The minimum absolute atomic E-state index is 0.236. The average Bonchev–Trinajstić information content (AvgIpc) is 2.99. The van der Waals surface area contributed by atoms with Crippen molar-refractivity contribution in [1.82, 2.24) is 0 Å². The van der Waals surface area contributed by atoms with E-state index in [1.54, 1.807) is 0 Å². The highest BCUT2D eigenvalue weighted by Crippen LogP contribution is 2.61. The Morgan fingerprint density at radius 2 is 1.06 bits per heavy atom. The van der Waals surface area contributed by atoms with Gasteiger partial charge in [0.25, 0.3) is 23.4 Å². The summed E-state index contributed by atoms with van der Waals surface area (Å²) < 4.78 is 369. The SMILES string of the molecule is CC(=O)OCC(F)(F)CC(F)(F)OC(F)(F)COCC1CCC(F)(C(F)(F)OC(F)(F)COCC(F)(F)CC(F)(F)OC(=O)C(F)(OCC(C)(F)F)C(F)(F)F)C(F)(F)C1(F)F. The molecule has 1 aliphatic carbocycles. The summed E-state index contributed by atoms with van der Waals surface area (Å²) in [5, 5.41) is 0. The molecule has 34 heteroatoms. The third-order valence-corrected chi connectivity index (χ3v) is 7.29. The van der Waals surface area contributed by atoms with Gasteiger partial charge >= 0.3 is 66.4 Å². The minimum Gasteiger partial charge on any atom is -0.459 e. The normalized spacial score (nSPS) is 22.0. The van der Waals surface area contributed by atoms with Crippen LogP contribution in [-0.4, -0.2) is 129 Å². The van der Waals surface area contributed by atoms with Crippen LogP contribution in [0.2, 0.25) is 0 Å². The van der Waals surface area contributed by atoms with Crippen molar-refractivity contribution in [3.63, 3.8) is 0 Å². The van der Waals surface area contributed by atoms with E-state index in [-0.39, 0.29) is 6.92 Å². The molecule has 0 aliphatic heterocycles. The molecule has 3 atom stereocenters. The van der Waals surface area contributed by atoms with Crippen molar-refractivity contribution >= 4 is 11.9 Å². The number of carbonyl (C=O) groups is 2. The van der Waals surface area contributed by atoms with E-state index in [2.05, 4.69) is 33.2 Å². The number of ether oxygens (including phenoxy) is 7. The maximum Gasteiger partial charge on any atom is 0.460 e. The van der Waals surface area contributed by atoms with Gasteiger partial charge in [-0.05, 0) is 12.8 Å². The highest BCUT2D eigenvalue weighted by molar-refractivity contribution is 5.79. The van der Waals surface area contributed by atoms with Crippen molar-refractivity contribution in [2.45, 2.75) is 117 Å². The van der Waals surface area contributed by atoms with Crippen molar-refractivity contribution in [3.05, 3.63) is 0 Å². The third kappa shape index (κ3) is 15.3. The molecular weight excluding hydrogens is 955 g/mol. The van der Waals surface area contributed by atoms with E-state index in [9.17, 15) is 115 Å². The van der Waals surface area contributed by atoms with Crippen LogP contribution in [-0.2, 0) is 42.7 Å². The summed E-state index contributed by atoms with van der Waals surface area (Å²) in [6.07, 6.45) is -47.9. The van der Waals surface area contributed by atoms with Gasteiger partial charge in [0.05, 0.1) is 12.5 Å². The Hall–Kier alpha value is -3.01. The van der Waals surface area contributed by atoms with Crippen molar-refractivity contribution in [3.8, 4) is 0 Å². The number of carbonyl (C=O) groups excluding carboxylic acids is 2. The summed E-state index contributed by atoms with van der Waals surface area (Å²) in [5.74, 6) is -42.8. The number of halogens is 25. The second-order valence-electron chi connectivity index (χ2n) is 13.2. The first-order valence-corrected chi connectivity index (χ1v) is 15.9. The number of hydrogen-bond donors (Lipinski definition) is 0. The Bertz CT molecular complexity index is 1520. The summed E-state index contributed by atoms with van der Waals surface area (Å²) in [4.78, 5) is 21.9. The molecule has 3 unspecified atom stereocenters. The van der Waals surface area contributed by atoms with E-state index in [0.717, 1.165) is 0 Å². The van der Waals surface area contributed by atoms with Crippen LogP contribution in [0.25, 0.3) is 0 Å². The highest BCUT2D eigenvalue weighted by Gasteiger charge is 2.84. The fourth-order valence-electron chi connectivity index (χ4n) is 4.60. The van der Waals surface area contributed by atoms with Gasteiger partial charge in [0.15, 0.2) is 6.61 Å². The molecule has 0 N–H and O–H groups in total. The molecule has 1 aliphatic rings. The summed E-state index contributed by atoms with van der Waals surface area (Å²) in [6, 6.07) is 0. The van der Waals surface area contributed by atoms with E-state index in [1.807, 2.05) is 0 Å². The van der Waals surface area contributed by atoms with Crippen molar-refractivity contribution in [1.29, 1.82) is 0 Å². The lowest BCUT2D eigenvalue weighted by atomic mass is 9.73. The molecule has 0 aromatic rings. The van der Waals surface area contributed by atoms with Crippen LogP contribution in [0.3, 0.4) is 0 Å². The van der Waals surface area contributed by atoms with E-state index in [1.165, 1.54) is 0 Å². The largest absolute Gasteiger partial charge is 0.460 e. The summed E-state index contributed by atoms with van der Waals surface area (Å²) in [5.41, 5.74) is -6.27. The Kier molecular flexibility index (Phi) is 17.0. The van der Waals surface area contributed by atoms with Gasteiger partial charge in [0.1, 0.15) is 39.3 Å². The molecule has 368 valence electrons. The number of rotatable bonds is 24. The van der Waals surface area contributed by atoms with Crippen LogP contribution < -0.4 is 0 Å². The number of esters is 2. The van der Waals surface area contributed by atoms with E-state index in [0.29, 0.717) is 6.92 Å². The minimum atomic E-state index is -6.92. The highest BCUT2D eigenvalue weighted by atomic mass is 19.4. The first-order chi connectivity index (χ1) is 27.1. The van der Waals surface area contributed by atoms with E-state index in [4.69, 9.17) is 0 Å². The predicted molar refractivity (Wildman–Crippen MR) is 143 cm³/mol. The van der Waals surface area contributed by atoms with Gasteiger partial charge in [-0.3, -0.25) is 14.3 Å². The third-order valence-electron chi connectivity index (χ3n) is 7.29. The van der Waals surface area contributed by atoms with E-state index >= 15 is 4.39 Å². The first-order valence-electron chi connectivity index (χ1n) is 15.9. The molecule has 0 saturated heterocycles. The molecule has 0 amide bonds. The van der Waals surface area contributed by atoms with Gasteiger partial charge < -0.3 is 23.7 Å². The van der Waals surface area contributed by atoms with Gasteiger partial charge in [0, 0.05) is 13.8 Å². The quantitative estimate of drug-likeness (QED) is 0.0693. The van der Waals surface area contributed by atoms with Gasteiger partial charge in [0.2, 0.25) is 0 Å². The molecule has 0 bridgehead atoms. The average molecular weight is 982 g/mol. The molecule has 0 aromatic carbocycles. The zero-order chi connectivity index (χ0) is 49.3.